The van der Waals surface area contributed by atoms with Crippen molar-refractivity contribution < 1.29 is 30.1 Å². The number of aromatic nitrogens is 2. The molecule has 1 aromatic rings. The Balaban J connectivity index is 0.000000885. The molecule has 0 saturated carbocycles. The lowest BCUT2D eigenvalue weighted by Gasteiger charge is -2.14. The summed E-state index contributed by atoms with van der Waals surface area (Å²) in [7, 11) is 1.77. The molecule has 1 rings (SSSR count). The summed E-state index contributed by atoms with van der Waals surface area (Å²) in [5.74, 6) is -1.43. The van der Waals surface area contributed by atoms with Crippen LogP contribution in [-0.2, 0) is 28.0 Å². The quantitative estimate of drug-likeness (QED) is 0.252. The number of aryl methyl sites for hydroxylation is 1. The van der Waals surface area contributed by atoms with Gasteiger partial charge in [0.2, 0.25) is 5.91 Å². The second kappa shape index (κ2) is 10.7. The van der Waals surface area contributed by atoms with Crippen LogP contribution in [0, 0.1) is 0 Å². The molecule has 0 aliphatic heterocycles. The monoisotopic (exact) mass is 305 g/mol. The van der Waals surface area contributed by atoms with Crippen LogP contribution in [0.5, 0.6) is 0 Å². The van der Waals surface area contributed by atoms with Crippen LogP contribution in [0.25, 0.3) is 0 Å². The number of aliphatic carboxylic acids is 1. The highest BCUT2D eigenvalue weighted by Gasteiger charge is 2.21. The van der Waals surface area contributed by atoms with E-state index in [1.165, 1.54) is 0 Å². The Kier molecular flexibility index (Phi) is 9.66. The molecule has 1 aromatic heterocycles. The Morgan fingerprint density at radius 2 is 2.19 bits per heavy atom. The first-order chi connectivity index (χ1) is 9.96. The summed E-state index contributed by atoms with van der Waals surface area (Å²) in [5.41, 5.74) is 6.95. The molecule has 0 aliphatic rings. The predicted octanol–water partition coefficient (Wildman–Crippen LogP) is -1.75. The number of carbonyl (C=O) groups is 2. The summed E-state index contributed by atoms with van der Waals surface area (Å²) >= 11 is 0. The van der Waals surface area contributed by atoms with Gasteiger partial charge >= 0.3 is 5.97 Å². The van der Waals surface area contributed by atoms with Crippen LogP contribution in [0.4, 0.5) is 0 Å². The molecule has 11 nitrogen and oxygen atoms in total. The summed E-state index contributed by atoms with van der Waals surface area (Å²) in [6.45, 7) is 0.198. The van der Waals surface area contributed by atoms with Crippen LogP contribution in [0.1, 0.15) is 12.1 Å². The topological polar surface area (TPSA) is 172 Å². The van der Waals surface area contributed by atoms with Crippen LogP contribution < -0.4 is 16.7 Å². The number of carboxylic acids is 1. The molecule has 21 heavy (non-hydrogen) atoms. The van der Waals surface area contributed by atoms with Gasteiger partial charge in [0, 0.05) is 38.3 Å². The zero-order valence-corrected chi connectivity index (χ0v) is 11.4. The molecule has 1 amide bonds. The minimum atomic E-state index is -1.07. The van der Waals surface area contributed by atoms with Gasteiger partial charge in [-0.15, -0.1) is 4.99 Å². The minimum absolute atomic E-state index is 0.120. The molecule has 1 atom stereocenters. The molecule has 120 valence electrons. The zero-order valence-electron chi connectivity index (χ0n) is 11.4. The fraction of sp³-hybridized carbons (Fsp3) is 0.500. The van der Waals surface area contributed by atoms with E-state index in [0.717, 1.165) is 11.3 Å². The Morgan fingerprint density at radius 3 is 2.57 bits per heavy atom. The summed E-state index contributed by atoms with van der Waals surface area (Å²) in [4.78, 5) is 29.0. The lowest BCUT2D eigenvalue weighted by Crippen LogP contribution is -2.43. The van der Waals surface area contributed by atoms with Crippen molar-refractivity contribution in [2.24, 2.45) is 12.8 Å². The van der Waals surface area contributed by atoms with Crippen molar-refractivity contribution in [3.05, 3.63) is 18.2 Å². The molecule has 7 N–H and O–H groups in total. The lowest BCUT2D eigenvalue weighted by atomic mass is 10.1. The van der Waals surface area contributed by atoms with Crippen molar-refractivity contribution in [3.8, 4) is 0 Å². The number of carboxylic acid groups (broad SMARTS) is 1. The SMILES string of the molecule is Cn1cncc1C[C@H](NC(=O)CCN)C(=O)O.ONOO. The maximum absolute atomic E-state index is 11.3. The van der Waals surface area contributed by atoms with E-state index in [2.05, 4.69) is 15.3 Å². The Bertz CT molecular complexity index is 435. The van der Waals surface area contributed by atoms with E-state index in [9.17, 15) is 9.59 Å². The number of nitrogens with two attached hydrogens (primary N) is 1. The highest BCUT2D eigenvalue weighted by Crippen LogP contribution is 2.02. The molecule has 0 aliphatic carbocycles. The number of hydrogen-bond acceptors (Lipinski definition) is 8. The van der Waals surface area contributed by atoms with Gasteiger partial charge in [-0.1, -0.05) is 0 Å². The molecule has 0 spiro atoms. The van der Waals surface area contributed by atoms with Crippen LogP contribution in [-0.4, -0.2) is 49.6 Å². The van der Waals surface area contributed by atoms with Gasteiger partial charge in [0.25, 0.3) is 0 Å². The molecule has 0 saturated heterocycles. The highest BCUT2D eigenvalue weighted by atomic mass is 17.2. The molecule has 0 aromatic carbocycles. The van der Waals surface area contributed by atoms with Crippen molar-refractivity contribution in [2.45, 2.75) is 18.9 Å². The first-order valence-electron chi connectivity index (χ1n) is 5.83. The molecule has 0 fully saturated rings. The highest BCUT2D eigenvalue weighted by molar-refractivity contribution is 5.83. The average molecular weight is 305 g/mol. The van der Waals surface area contributed by atoms with Crippen LogP contribution in [0.3, 0.4) is 0 Å². The number of rotatable bonds is 7. The maximum Gasteiger partial charge on any atom is 0.326 e. The zero-order chi connectivity index (χ0) is 16.3. The smallest absolute Gasteiger partial charge is 0.326 e. The van der Waals surface area contributed by atoms with E-state index in [1.54, 1.807) is 24.1 Å². The lowest BCUT2D eigenvalue weighted by molar-refractivity contribution is -0.356. The van der Waals surface area contributed by atoms with Crippen LogP contribution >= 0.6 is 0 Å². The summed E-state index contributed by atoms with van der Waals surface area (Å²) in [5, 5.41) is 25.6. The third-order valence-corrected chi connectivity index (χ3v) is 2.38. The van der Waals surface area contributed by atoms with Crippen molar-refractivity contribution in [3.63, 3.8) is 0 Å². The normalized spacial score (nSPS) is 11.2. The summed E-state index contributed by atoms with van der Waals surface area (Å²) < 4.78 is 1.71. The van der Waals surface area contributed by atoms with Gasteiger partial charge in [0.1, 0.15) is 6.04 Å². The number of amides is 1. The van der Waals surface area contributed by atoms with Gasteiger partial charge in [-0.2, -0.15) is 0 Å². The Morgan fingerprint density at radius 1 is 1.57 bits per heavy atom. The number of hydrogen-bond donors (Lipinski definition) is 6. The van der Waals surface area contributed by atoms with E-state index in [-0.39, 0.29) is 25.3 Å². The summed E-state index contributed by atoms with van der Waals surface area (Å²) in [6.07, 6.45) is 3.47. The third-order valence-electron chi connectivity index (χ3n) is 2.38. The fourth-order valence-electron chi connectivity index (χ4n) is 1.39. The molecular formula is C10H19N5O6. The van der Waals surface area contributed by atoms with Gasteiger partial charge < -0.3 is 20.7 Å². The van der Waals surface area contributed by atoms with Gasteiger partial charge in [0.05, 0.1) is 6.33 Å². The Hall–Kier alpha value is -2.05. The number of nitrogens with one attached hydrogen (secondary N) is 2. The van der Waals surface area contributed by atoms with Crippen LogP contribution in [0.2, 0.25) is 0 Å². The second-order valence-corrected chi connectivity index (χ2v) is 3.88. The number of imidazole rings is 1. The van der Waals surface area contributed by atoms with Crippen LogP contribution in [0.15, 0.2) is 12.5 Å². The first-order valence-corrected chi connectivity index (χ1v) is 5.83. The van der Waals surface area contributed by atoms with E-state index in [0.29, 0.717) is 0 Å². The van der Waals surface area contributed by atoms with Crippen molar-refractivity contribution in [2.75, 3.05) is 6.54 Å². The Labute approximate surface area is 120 Å². The van der Waals surface area contributed by atoms with Crippen molar-refractivity contribution in [1.29, 1.82) is 0 Å². The van der Waals surface area contributed by atoms with E-state index >= 15 is 0 Å². The van der Waals surface area contributed by atoms with E-state index in [4.69, 9.17) is 21.3 Å². The average Bonchev–Trinajstić information content (AvgIpc) is 2.84. The number of nitrogens with zero attached hydrogens (tertiary/aromatic N) is 2. The predicted molar refractivity (Wildman–Crippen MR) is 68.8 cm³/mol. The minimum Gasteiger partial charge on any atom is -0.480 e. The molecule has 0 unspecified atom stereocenters. The molecular weight excluding hydrogens is 286 g/mol. The van der Waals surface area contributed by atoms with Gasteiger partial charge in [-0.25, -0.2) is 15.0 Å². The van der Waals surface area contributed by atoms with Crippen molar-refractivity contribution >= 4 is 11.9 Å². The largest absolute Gasteiger partial charge is 0.480 e. The molecule has 0 radical (unpaired) electrons. The first kappa shape index (κ1) is 18.9. The molecule has 11 heteroatoms. The van der Waals surface area contributed by atoms with Gasteiger partial charge in [-0.3, -0.25) is 10.0 Å². The standard InChI is InChI=1S/C10H16N4O3.H3NO3/c1-14-6-12-5-7(14)4-8(10(16)17)13-9(15)2-3-11;2-1-4-3/h5-6,8H,2-4,11H2,1H3,(H,13,15)(H,16,17);1-3H/t8-;/m0./s1. The van der Waals surface area contributed by atoms with Crippen molar-refractivity contribution in [1.82, 2.24) is 20.5 Å². The van der Waals surface area contributed by atoms with E-state index < -0.39 is 12.0 Å². The maximum atomic E-state index is 11.3. The molecule has 0 bridgehead atoms. The number of carbonyl (C=O) groups excluding carboxylic acids is 1. The fourth-order valence-corrected chi connectivity index (χ4v) is 1.39. The van der Waals surface area contributed by atoms with E-state index in [1.807, 2.05) is 0 Å². The van der Waals surface area contributed by atoms with Gasteiger partial charge in [-0.05, 0) is 5.64 Å². The van der Waals surface area contributed by atoms with Gasteiger partial charge in [0.15, 0.2) is 0 Å². The third kappa shape index (κ3) is 7.96. The second-order valence-electron chi connectivity index (χ2n) is 3.88. The summed E-state index contributed by atoms with van der Waals surface area (Å²) in [6, 6.07) is -0.954. The molecule has 1 heterocycles.